The zero-order valence-corrected chi connectivity index (χ0v) is 11.0. The SMILES string of the molecule is CC.CN1CCC(C2CCN(P)C2)C1. The van der Waals surface area contributed by atoms with Crippen LogP contribution in [-0.2, 0) is 0 Å². The first-order valence-corrected chi connectivity index (χ1v) is 6.45. The van der Waals surface area contributed by atoms with E-state index in [0.717, 1.165) is 11.8 Å². The highest BCUT2D eigenvalue weighted by Gasteiger charge is 2.31. The van der Waals surface area contributed by atoms with Crippen molar-refractivity contribution in [3.05, 3.63) is 0 Å². The van der Waals surface area contributed by atoms with E-state index in [1.54, 1.807) is 0 Å². The molecule has 2 nitrogen and oxygen atoms in total. The van der Waals surface area contributed by atoms with Crippen molar-refractivity contribution in [2.45, 2.75) is 26.7 Å². The van der Waals surface area contributed by atoms with E-state index in [-0.39, 0.29) is 0 Å². The van der Waals surface area contributed by atoms with Gasteiger partial charge in [0.1, 0.15) is 0 Å². The van der Waals surface area contributed by atoms with Gasteiger partial charge in [0, 0.05) is 19.6 Å². The lowest BCUT2D eigenvalue weighted by Gasteiger charge is -2.17. The van der Waals surface area contributed by atoms with Gasteiger partial charge in [-0.2, -0.15) is 0 Å². The third kappa shape index (κ3) is 3.18. The maximum Gasteiger partial charge on any atom is 0.00481 e. The maximum absolute atomic E-state index is 2.83. The Bertz CT molecular complexity index is 145. The molecule has 0 amide bonds. The maximum atomic E-state index is 2.83. The topological polar surface area (TPSA) is 6.48 Å². The molecule has 0 aliphatic carbocycles. The predicted molar refractivity (Wildman–Crippen MR) is 66.3 cm³/mol. The van der Waals surface area contributed by atoms with Crippen molar-refractivity contribution in [2.24, 2.45) is 11.8 Å². The van der Waals surface area contributed by atoms with Crippen LogP contribution in [0.3, 0.4) is 0 Å². The Labute approximate surface area is 91.3 Å². The van der Waals surface area contributed by atoms with Crippen LogP contribution >= 0.6 is 9.39 Å². The van der Waals surface area contributed by atoms with E-state index in [0.29, 0.717) is 0 Å². The number of nitrogens with zero attached hydrogens (tertiary/aromatic N) is 2. The summed E-state index contributed by atoms with van der Waals surface area (Å²) in [7, 11) is 5.08. The van der Waals surface area contributed by atoms with E-state index in [2.05, 4.69) is 26.0 Å². The quantitative estimate of drug-likeness (QED) is 0.619. The zero-order chi connectivity index (χ0) is 10.6. The highest BCUT2D eigenvalue weighted by molar-refractivity contribution is 7.13. The van der Waals surface area contributed by atoms with Gasteiger partial charge in [0.05, 0.1) is 0 Å². The molecule has 2 aliphatic rings. The molecule has 0 radical (unpaired) electrons. The fourth-order valence-electron chi connectivity index (χ4n) is 2.55. The van der Waals surface area contributed by atoms with Gasteiger partial charge in [-0.1, -0.05) is 23.2 Å². The van der Waals surface area contributed by atoms with Gasteiger partial charge in [-0.05, 0) is 38.3 Å². The Hall–Kier alpha value is 0.350. The minimum atomic E-state index is 0.979. The van der Waals surface area contributed by atoms with Crippen molar-refractivity contribution >= 4 is 9.39 Å². The number of rotatable bonds is 1. The fourth-order valence-corrected chi connectivity index (χ4v) is 2.97. The third-order valence-corrected chi connectivity index (χ3v) is 3.82. The highest BCUT2D eigenvalue weighted by Crippen LogP contribution is 2.31. The van der Waals surface area contributed by atoms with Crippen molar-refractivity contribution in [3.8, 4) is 0 Å². The molecular weight excluding hydrogens is 191 g/mol. The van der Waals surface area contributed by atoms with Crippen LogP contribution in [0, 0.1) is 11.8 Å². The monoisotopic (exact) mass is 216 g/mol. The summed E-state index contributed by atoms with van der Waals surface area (Å²) in [5.41, 5.74) is 0. The Kier molecular flexibility index (Phi) is 5.36. The number of hydrogen-bond acceptors (Lipinski definition) is 2. The van der Waals surface area contributed by atoms with Crippen LogP contribution in [0.15, 0.2) is 0 Å². The van der Waals surface area contributed by atoms with Crippen LogP contribution in [0.25, 0.3) is 0 Å². The van der Waals surface area contributed by atoms with Crippen LogP contribution in [0.4, 0.5) is 0 Å². The summed E-state index contributed by atoms with van der Waals surface area (Å²) in [6, 6.07) is 0. The molecule has 2 aliphatic heterocycles. The molecule has 14 heavy (non-hydrogen) atoms. The highest BCUT2D eigenvalue weighted by atomic mass is 31.0. The Morgan fingerprint density at radius 2 is 1.57 bits per heavy atom. The van der Waals surface area contributed by atoms with E-state index >= 15 is 0 Å². The van der Waals surface area contributed by atoms with Gasteiger partial charge in [-0.25, -0.2) is 0 Å². The summed E-state index contributed by atoms with van der Waals surface area (Å²) < 4.78 is 2.39. The lowest BCUT2D eigenvalue weighted by molar-refractivity contribution is 0.328. The molecule has 0 aromatic carbocycles. The summed E-state index contributed by atoms with van der Waals surface area (Å²) in [6.07, 6.45) is 2.85. The molecule has 2 fully saturated rings. The van der Waals surface area contributed by atoms with Crippen molar-refractivity contribution in [1.29, 1.82) is 0 Å². The fraction of sp³-hybridized carbons (Fsp3) is 1.00. The van der Waals surface area contributed by atoms with Gasteiger partial charge < -0.3 is 4.90 Å². The largest absolute Gasteiger partial charge is 0.306 e. The van der Waals surface area contributed by atoms with Crippen molar-refractivity contribution in [3.63, 3.8) is 0 Å². The summed E-state index contributed by atoms with van der Waals surface area (Å²) in [6.45, 7) is 9.25. The van der Waals surface area contributed by atoms with Crippen LogP contribution in [0.2, 0.25) is 0 Å². The standard InChI is InChI=1S/C9H19N2P.C2H6/c1-10-4-2-8(6-10)9-3-5-11(12)7-9;1-2/h8-9H,2-7,12H2,1H3;1-2H3. The molecular formula is C11H25N2P. The molecule has 3 unspecified atom stereocenters. The van der Waals surface area contributed by atoms with E-state index in [9.17, 15) is 0 Å². The average Bonchev–Trinajstić information content (AvgIpc) is 2.78. The third-order valence-electron chi connectivity index (χ3n) is 3.35. The van der Waals surface area contributed by atoms with E-state index in [4.69, 9.17) is 0 Å². The Morgan fingerprint density at radius 3 is 2.00 bits per heavy atom. The first-order valence-electron chi connectivity index (χ1n) is 5.94. The zero-order valence-electron chi connectivity index (χ0n) is 9.87. The van der Waals surface area contributed by atoms with Crippen LogP contribution in [0.5, 0.6) is 0 Å². The summed E-state index contributed by atoms with van der Waals surface area (Å²) >= 11 is 0. The lowest BCUT2D eigenvalue weighted by atomic mass is 9.91. The molecule has 0 aromatic heterocycles. The smallest absolute Gasteiger partial charge is 0.00481 e. The molecule has 0 spiro atoms. The molecule has 3 atom stereocenters. The second kappa shape index (κ2) is 6.05. The van der Waals surface area contributed by atoms with Crippen LogP contribution in [-0.4, -0.2) is 42.8 Å². The Morgan fingerprint density at radius 1 is 1.00 bits per heavy atom. The molecule has 2 saturated heterocycles. The van der Waals surface area contributed by atoms with E-state index in [1.807, 2.05) is 13.8 Å². The molecule has 2 heterocycles. The second-order valence-electron chi connectivity index (χ2n) is 4.35. The summed E-state index contributed by atoms with van der Waals surface area (Å²) in [5.74, 6) is 1.97. The first-order chi connectivity index (χ1) is 6.75. The van der Waals surface area contributed by atoms with Gasteiger partial charge >= 0.3 is 0 Å². The van der Waals surface area contributed by atoms with Crippen molar-refractivity contribution in [2.75, 3.05) is 33.2 Å². The number of likely N-dealkylation sites (tertiary alicyclic amines) is 1. The van der Waals surface area contributed by atoms with Gasteiger partial charge in [-0.3, -0.25) is 4.67 Å². The molecule has 84 valence electrons. The predicted octanol–water partition coefficient (Wildman–Crippen LogP) is 2.08. The molecule has 0 aromatic rings. The van der Waals surface area contributed by atoms with Crippen molar-refractivity contribution < 1.29 is 0 Å². The minimum absolute atomic E-state index is 0.979. The molecule has 3 heteroatoms. The van der Waals surface area contributed by atoms with Gasteiger partial charge in [0.25, 0.3) is 0 Å². The first kappa shape index (κ1) is 12.4. The van der Waals surface area contributed by atoms with Gasteiger partial charge in [0.2, 0.25) is 0 Å². The molecule has 2 rings (SSSR count). The average molecular weight is 216 g/mol. The normalized spacial score (nSPS) is 34.3. The molecule has 0 saturated carbocycles. The number of hydrogen-bond donors (Lipinski definition) is 0. The Balaban J connectivity index is 0.000000461. The molecule has 0 bridgehead atoms. The van der Waals surface area contributed by atoms with E-state index in [1.165, 1.54) is 39.0 Å². The lowest BCUT2D eigenvalue weighted by Crippen LogP contribution is -2.20. The summed E-state index contributed by atoms with van der Waals surface area (Å²) in [4.78, 5) is 2.47. The second-order valence-corrected chi connectivity index (χ2v) is 5.08. The van der Waals surface area contributed by atoms with Crippen LogP contribution < -0.4 is 0 Å². The summed E-state index contributed by atoms with van der Waals surface area (Å²) in [5, 5.41) is 0. The van der Waals surface area contributed by atoms with Crippen LogP contribution in [0.1, 0.15) is 26.7 Å². The van der Waals surface area contributed by atoms with Gasteiger partial charge in [0.15, 0.2) is 0 Å². The van der Waals surface area contributed by atoms with Gasteiger partial charge in [-0.15, -0.1) is 0 Å². The molecule has 0 N–H and O–H groups in total. The minimum Gasteiger partial charge on any atom is -0.306 e. The van der Waals surface area contributed by atoms with Crippen molar-refractivity contribution in [1.82, 2.24) is 9.57 Å². The van der Waals surface area contributed by atoms with E-state index < -0.39 is 0 Å².